The van der Waals surface area contributed by atoms with Gasteiger partial charge in [-0.2, -0.15) is 0 Å². The molecule has 1 aromatic heterocycles. The van der Waals surface area contributed by atoms with Crippen molar-refractivity contribution in [2.24, 2.45) is 0 Å². The fraction of sp³-hybridized carbons (Fsp3) is 0.312. The number of aliphatic hydroxyl groups is 1. The quantitative estimate of drug-likeness (QED) is 0.672. The highest BCUT2D eigenvalue weighted by Gasteiger charge is 2.34. The number of aliphatic hydroxyl groups excluding tert-OH is 1. The van der Waals surface area contributed by atoms with Crippen molar-refractivity contribution in [3.63, 3.8) is 0 Å². The number of ether oxygens (including phenoxy) is 1. The van der Waals surface area contributed by atoms with Crippen molar-refractivity contribution in [3.05, 3.63) is 41.4 Å². The third-order valence-electron chi connectivity index (χ3n) is 3.83. The Hall–Kier alpha value is -3.27. The Morgan fingerprint density at radius 1 is 1.35 bits per heavy atom. The van der Waals surface area contributed by atoms with E-state index in [1.54, 1.807) is 31.2 Å². The minimum absolute atomic E-state index is 0.0919. The van der Waals surface area contributed by atoms with Gasteiger partial charge in [0.1, 0.15) is 5.70 Å². The fourth-order valence-corrected chi connectivity index (χ4v) is 2.56. The molecule has 3 rings (SSSR count). The number of carbonyl (C=O) groups is 2. The SMILES string of the molecule is COC(=O)C1=C(Nc2ccc(-n3nnc(C)n3)cc2)C(=O)N(CCO)C1. The van der Waals surface area contributed by atoms with Gasteiger partial charge in [0, 0.05) is 12.2 Å². The summed E-state index contributed by atoms with van der Waals surface area (Å²) in [4.78, 5) is 27.2. The first-order chi connectivity index (χ1) is 12.5. The second-order valence-corrected chi connectivity index (χ2v) is 5.59. The van der Waals surface area contributed by atoms with Gasteiger partial charge < -0.3 is 20.1 Å². The summed E-state index contributed by atoms with van der Waals surface area (Å²) in [6, 6.07) is 6.98. The Kier molecular flexibility index (Phi) is 4.94. The number of hydrogen-bond donors (Lipinski definition) is 2. The first-order valence-electron chi connectivity index (χ1n) is 7.89. The number of β-amino-alcohol motifs (C(OH)–C–C–N with tert-alkyl or cyclic N) is 1. The number of carbonyl (C=O) groups excluding carboxylic acids is 2. The van der Waals surface area contributed by atoms with Gasteiger partial charge >= 0.3 is 5.97 Å². The maximum atomic E-state index is 12.5. The minimum atomic E-state index is -0.583. The summed E-state index contributed by atoms with van der Waals surface area (Å²) in [5, 5.41) is 23.9. The smallest absolute Gasteiger partial charge is 0.337 e. The van der Waals surface area contributed by atoms with Crippen LogP contribution in [-0.2, 0) is 14.3 Å². The first kappa shape index (κ1) is 17.5. The van der Waals surface area contributed by atoms with E-state index in [4.69, 9.17) is 9.84 Å². The zero-order chi connectivity index (χ0) is 18.7. The molecule has 10 heteroatoms. The maximum absolute atomic E-state index is 12.5. The van der Waals surface area contributed by atoms with E-state index in [1.807, 2.05) is 0 Å². The van der Waals surface area contributed by atoms with Gasteiger partial charge in [-0.3, -0.25) is 4.79 Å². The zero-order valence-electron chi connectivity index (χ0n) is 14.3. The number of amides is 1. The number of benzene rings is 1. The van der Waals surface area contributed by atoms with E-state index in [1.165, 1.54) is 16.8 Å². The Morgan fingerprint density at radius 3 is 2.65 bits per heavy atom. The van der Waals surface area contributed by atoms with Gasteiger partial charge in [-0.05, 0) is 36.4 Å². The summed E-state index contributed by atoms with van der Waals surface area (Å²) >= 11 is 0. The topological polar surface area (TPSA) is 122 Å². The van der Waals surface area contributed by atoms with E-state index in [0.717, 1.165) is 0 Å². The molecule has 0 saturated carbocycles. The average Bonchev–Trinajstić information content (AvgIpc) is 3.21. The molecule has 0 spiro atoms. The van der Waals surface area contributed by atoms with Crippen molar-refractivity contribution >= 4 is 17.6 Å². The standard InChI is InChI=1S/C16H18N6O4/c1-10-18-20-22(19-10)12-5-3-11(4-6-12)17-14-13(16(25)26-2)9-21(7-8-23)15(14)24/h3-6,17,23H,7-9H2,1-2H3. The molecule has 2 aromatic rings. The largest absolute Gasteiger partial charge is 0.466 e. The monoisotopic (exact) mass is 358 g/mol. The Balaban J connectivity index is 1.83. The summed E-state index contributed by atoms with van der Waals surface area (Å²) in [6.07, 6.45) is 0. The number of nitrogens with one attached hydrogen (secondary N) is 1. The first-order valence-corrected chi connectivity index (χ1v) is 7.89. The van der Waals surface area contributed by atoms with Crippen LogP contribution in [0.25, 0.3) is 5.69 Å². The van der Waals surface area contributed by atoms with E-state index < -0.39 is 5.97 Å². The van der Waals surface area contributed by atoms with E-state index >= 15 is 0 Å². The fourth-order valence-electron chi connectivity index (χ4n) is 2.56. The second kappa shape index (κ2) is 7.31. The molecule has 2 heterocycles. The van der Waals surface area contributed by atoms with Gasteiger partial charge in [0.15, 0.2) is 5.82 Å². The van der Waals surface area contributed by atoms with Crippen molar-refractivity contribution in [2.45, 2.75) is 6.92 Å². The summed E-state index contributed by atoms with van der Waals surface area (Å²) < 4.78 is 4.75. The predicted octanol–water partition coefficient (Wildman–Crippen LogP) is -0.356. The van der Waals surface area contributed by atoms with Gasteiger partial charge in [-0.15, -0.1) is 15.0 Å². The van der Waals surface area contributed by atoms with Gasteiger partial charge in [0.05, 0.1) is 31.5 Å². The minimum Gasteiger partial charge on any atom is -0.466 e. The molecule has 136 valence electrons. The number of anilines is 1. The number of methoxy groups -OCH3 is 1. The number of aryl methyl sites for hydroxylation is 1. The predicted molar refractivity (Wildman–Crippen MR) is 90.2 cm³/mol. The lowest BCUT2D eigenvalue weighted by Crippen LogP contribution is -2.31. The summed E-state index contributed by atoms with van der Waals surface area (Å²) in [5.74, 6) is -0.391. The lowest BCUT2D eigenvalue weighted by molar-refractivity contribution is -0.136. The molecule has 0 atom stereocenters. The van der Waals surface area contributed by atoms with E-state index in [0.29, 0.717) is 17.2 Å². The molecule has 0 bridgehead atoms. The normalized spacial score (nSPS) is 14.1. The number of tetrazole rings is 1. The molecule has 10 nitrogen and oxygen atoms in total. The van der Waals surface area contributed by atoms with Crippen LogP contribution in [0.5, 0.6) is 0 Å². The van der Waals surface area contributed by atoms with Gasteiger partial charge in [0.2, 0.25) is 0 Å². The van der Waals surface area contributed by atoms with Crippen molar-refractivity contribution < 1.29 is 19.4 Å². The van der Waals surface area contributed by atoms with E-state index in [2.05, 4.69) is 20.7 Å². The van der Waals surface area contributed by atoms with Crippen LogP contribution in [0.3, 0.4) is 0 Å². The lowest BCUT2D eigenvalue weighted by atomic mass is 10.2. The zero-order valence-corrected chi connectivity index (χ0v) is 14.3. The number of rotatable bonds is 6. The highest BCUT2D eigenvalue weighted by molar-refractivity contribution is 6.08. The van der Waals surface area contributed by atoms with Crippen LogP contribution in [0.15, 0.2) is 35.5 Å². The molecule has 26 heavy (non-hydrogen) atoms. The molecular formula is C16H18N6O4. The number of nitrogens with zero attached hydrogens (tertiary/aromatic N) is 5. The Morgan fingerprint density at radius 2 is 2.08 bits per heavy atom. The summed E-state index contributed by atoms with van der Waals surface area (Å²) in [5.41, 5.74) is 1.69. The lowest BCUT2D eigenvalue weighted by Gasteiger charge is -2.15. The molecule has 0 saturated heterocycles. The average molecular weight is 358 g/mol. The van der Waals surface area contributed by atoms with E-state index in [9.17, 15) is 9.59 Å². The van der Waals surface area contributed by atoms with Crippen LogP contribution in [0, 0.1) is 6.92 Å². The molecule has 0 aliphatic carbocycles. The highest BCUT2D eigenvalue weighted by atomic mass is 16.5. The van der Waals surface area contributed by atoms with Crippen LogP contribution < -0.4 is 5.32 Å². The molecule has 1 aromatic carbocycles. The third kappa shape index (κ3) is 3.40. The highest BCUT2D eigenvalue weighted by Crippen LogP contribution is 2.23. The van der Waals surface area contributed by atoms with E-state index in [-0.39, 0.29) is 36.9 Å². The summed E-state index contributed by atoms with van der Waals surface area (Å²) in [7, 11) is 1.26. The molecule has 0 fully saturated rings. The molecule has 0 radical (unpaired) electrons. The molecule has 1 aliphatic rings. The van der Waals surface area contributed by atoms with Gasteiger partial charge in [-0.1, -0.05) is 0 Å². The van der Waals surface area contributed by atoms with Crippen LogP contribution in [0.2, 0.25) is 0 Å². The van der Waals surface area contributed by atoms with Crippen LogP contribution >= 0.6 is 0 Å². The molecular weight excluding hydrogens is 340 g/mol. The molecule has 1 amide bonds. The number of aromatic nitrogens is 4. The van der Waals surface area contributed by atoms with Gasteiger partial charge in [-0.25, -0.2) is 4.79 Å². The Bertz CT molecular complexity index is 858. The second-order valence-electron chi connectivity index (χ2n) is 5.59. The number of esters is 1. The maximum Gasteiger partial charge on any atom is 0.337 e. The molecule has 2 N–H and O–H groups in total. The van der Waals surface area contributed by atoms with Gasteiger partial charge in [0.25, 0.3) is 5.91 Å². The molecule has 0 unspecified atom stereocenters. The Labute approximate surface area is 149 Å². The van der Waals surface area contributed by atoms with Crippen molar-refractivity contribution in [1.82, 2.24) is 25.1 Å². The van der Waals surface area contributed by atoms with Crippen LogP contribution in [0.4, 0.5) is 5.69 Å². The molecule has 1 aliphatic heterocycles. The van der Waals surface area contributed by atoms with Crippen molar-refractivity contribution in [1.29, 1.82) is 0 Å². The van der Waals surface area contributed by atoms with Crippen LogP contribution in [0.1, 0.15) is 5.82 Å². The van der Waals surface area contributed by atoms with Crippen molar-refractivity contribution in [3.8, 4) is 5.69 Å². The van der Waals surface area contributed by atoms with Crippen molar-refractivity contribution in [2.75, 3.05) is 32.1 Å². The number of hydrogen-bond acceptors (Lipinski definition) is 8. The third-order valence-corrected chi connectivity index (χ3v) is 3.83. The summed E-state index contributed by atoms with van der Waals surface area (Å²) in [6.45, 7) is 1.78. The van der Waals surface area contributed by atoms with Crippen LogP contribution in [-0.4, -0.2) is 68.9 Å².